The molecule has 0 spiro atoms. The molecule has 0 amide bonds. The summed E-state index contributed by atoms with van der Waals surface area (Å²) in [5.41, 5.74) is 6.81. The maximum atomic E-state index is 5.71. The van der Waals surface area contributed by atoms with E-state index in [0.717, 1.165) is 10.0 Å². The Kier molecular flexibility index (Phi) is 3.78. The predicted molar refractivity (Wildman–Crippen MR) is 82.8 cm³/mol. The maximum Gasteiger partial charge on any atom is 0.257 e. The molecule has 0 aliphatic heterocycles. The van der Waals surface area contributed by atoms with Crippen molar-refractivity contribution in [1.29, 1.82) is 0 Å². The van der Waals surface area contributed by atoms with Gasteiger partial charge in [0.2, 0.25) is 11.9 Å². The monoisotopic (exact) mass is 345 g/mol. The second-order valence-corrected chi connectivity index (χ2v) is 5.07. The van der Waals surface area contributed by atoms with Crippen LogP contribution in [0.2, 0.25) is 0 Å². The number of benzene rings is 1. The van der Waals surface area contributed by atoms with Crippen molar-refractivity contribution in [2.75, 3.05) is 11.1 Å². The number of anilines is 2. The number of nitrogens with one attached hydrogen (secondary N) is 1. The van der Waals surface area contributed by atoms with Crippen molar-refractivity contribution in [3.63, 3.8) is 0 Å². The third-order valence-electron chi connectivity index (χ3n) is 2.75. The molecule has 0 atom stereocenters. The second kappa shape index (κ2) is 5.88. The van der Waals surface area contributed by atoms with Crippen LogP contribution in [0, 0.1) is 0 Å². The lowest BCUT2D eigenvalue weighted by atomic mass is 10.2. The standard InChI is InChI=1S/C13H12BrN7/c14-10-5-2-1-4-9(10)8-16-12-18-11(15)19-13(20-12)21-7-3-6-17-21/h1-7H,8H2,(H3,15,16,18,19,20). The highest BCUT2D eigenvalue weighted by atomic mass is 79.9. The zero-order valence-electron chi connectivity index (χ0n) is 10.9. The van der Waals surface area contributed by atoms with Gasteiger partial charge in [-0.05, 0) is 17.7 Å². The van der Waals surface area contributed by atoms with E-state index >= 15 is 0 Å². The summed E-state index contributed by atoms with van der Waals surface area (Å²) < 4.78 is 2.55. The summed E-state index contributed by atoms with van der Waals surface area (Å²) >= 11 is 3.50. The molecule has 21 heavy (non-hydrogen) atoms. The largest absolute Gasteiger partial charge is 0.368 e. The number of nitrogen functional groups attached to an aromatic ring is 1. The molecule has 0 aliphatic rings. The second-order valence-electron chi connectivity index (χ2n) is 4.21. The molecule has 1 aromatic carbocycles. The lowest BCUT2D eigenvalue weighted by molar-refractivity contribution is 0.798. The van der Waals surface area contributed by atoms with E-state index in [2.05, 4.69) is 41.3 Å². The Morgan fingerprint density at radius 3 is 2.76 bits per heavy atom. The third-order valence-corrected chi connectivity index (χ3v) is 3.52. The minimum Gasteiger partial charge on any atom is -0.368 e. The van der Waals surface area contributed by atoms with E-state index in [1.165, 1.54) is 4.68 Å². The van der Waals surface area contributed by atoms with Crippen LogP contribution in [0.15, 0.2) is 47.2 Å². The Hall–Kier alpha value is -2.48. The first-order valence-corrected chi connectivity index (χ1v) is 7.00. The van der Waals surface area contributed by atoms with Crippen LogP contribution in [0.3, 0.4) is 0 Å². The molecule has 3 N–H and O–H groups in total. The number of rotatable bonds is 4. The van der Waals surface area contributed by atoms with Crippen LogP contribution in [0.4, 0.5) is 11.9 Å². The zero-order chi connectivity index (χ0) is 14.7. The topological polar surface area (TPSA) is 94.5 Å². The molecule has 0 bridgehead atoms. The molecule has 3 rings (SSSR count). The molecule has 8 heteroatoms. The molecular weight excluding hydrogens is 334 g/mol. The number of nitrogens with two attached hydrogens (primary N) is 1. The van der Waals surface area contributed by atoms with E-state index in [1.807, 2.05) is 24.3 Å². The van der Waals surface area contributed by atoms with Gasteiger partial charge in [0.15, 0.2) is 0 Å². The van der Waals surface area contributed by atoms with Gasteiger partial charge in [-0.25, -0.2) is 4.68 Å². The van der Waals surface area contributed by atoms with E-state index in [-0.39, 0.29) is 5.95 Å². The van der Waals surface area contributed by atoms with Gasteiger partial charge in [0, 0.05) is 23.4 Å². The predicted octanol–water partition coefficient (Wildman–Crippen LogP) is 2.01. The number of halogens is 1. The summed E-state index contributed by atoms with van der Waals surface area (Å²) in [6, 6.07) is 9.71. The van der Waals surface area contributed by atoms with Gasteiger partial charge < -0.3 is 11.1 Å². The zero-order valence-corrected chi connectivity index (χ0v) is 12.5. The SMILES string of the molecule is Nc1nc(NCc2ccccc2Br)nc(-n2cccn2)n1. The van der Waals surface area contributed by atoms with Crippen molar-refractivity contribution in [2.24, 2.45) is 0 Å². The fourth-order valence-electron chi connectivity index (χ4n) is 1.77. The van der Waals surface area contributed by atoms with Crippen molar-refractivity contribution in [1.82, 2.24) is 24.7 Å². The Morgan fingerprint density at radius 2 is 2.00 bits per heavy atom. The highest BCUT2D eigenvalue weighted by Gasteiger charge is 2.07. The summed E-state index contributed by atoms with van der Waals surface area (Å²) in [6.45, 7) is 0.573. The minimum absolute atomic E-state index is 0.144. The molecule has 2 heterocycles. The van der Waals surface area contributed by atoms with E-state index in [0.29, 0.717) is 18.4 Å². The van der Waals surface area contributed by atoms with Gasteiger partial charge in [0.1, 0.15) is 0 Å². The Labute approximate surface area is 129 Å². The first kappa shape index (κ1) is 13.5. The molecule has 0 radical (unpaired) electrons. The Morgan fingerprint density at radius 1 is 1.14 bits per heavy atom. The lowest BCUT2D eigenvalue weighted by Gasteiger charge is -2.08. The fraction of sp³-hybridized carbons (Fsp3) is 0.0769. The Bertz CT molecular complexity index is 742. The molecule has 0 saturated heterocycles. The molecule has 0 fully saturated rings. The van der Waals surface area contributed by atoms with Crippen LogP contribution in [-0.2, 0) is 6.54 Å². The average molecular weight is 346 g/mol. The van der Waals surface area contributed by atoms with Gasteiger partial charge in [-0.3, -0.25) is 0 Å². The van der Waals surface area contributed by atoms with Crippen molar-refractivity contribution < 1.29 is 0 Å². The van der Waals surface area contributed by atoms with E-state index < -0.39 is 0 Å². The van der Waals surface area contributed by atoms with Gasteiger partial charge in [0.05, 0.1) is 0 Å². The molecule has 0 unspecified atom stereocenters. The van der Waals surface area contributed by atoms with Crippen LogP contribution in [0.5, 0.6) is 0 Å². The van der Waals surface area contributed by atoms with E-state index in [1.54, 1.807) is 18.5 Å². The van der Waals surface area contributed by atoms with Gasteiger partial charge in [-0.2, -0.15) is 20.1 Å². The van der Waals surface area contributed by atoms with Crippen LogP contribution >= 0.6 is 15.9 Å². The van der Waals surface area contributed by atoms with Gasteiger partial charge in [0.25, 0.3) is 5.95 Å². The van der Waals surface area contributed by atoms with Crippen LogP contribution < -0.4 is 11.1 Å². The number of hydrogen-bond donors (Lipinski definition) is 2. The summed E-state index contributed by atoms with van der Waals surface area (Å²) in [5.74, 6) is 0.927. The number of aromatic nitrogens is 5. The van der Waals surface area contributed by atoms with Crippen molar-refractivity contribution >= 4 is 27.8 Å². The van der Waals surface area contributed by atoms with Gasteiger partial charge in [-0.1, -0.05) is 34.1 Å². The fourth-order valence-corrected chi connectivity index (χ4v) is 2.19. The normalized spacial score (nSPS) is 10.5. The van der Waals surface area contributed by atoms with Crippen LogP contribution in [0.25, 0.3) is 5.95 Å². The molecular formula is C13H12BrN7. The smallest absolute Gasteiger partial charge is 0.257 e. The van der Waals surface area contributed by atoms with Crippen molar-refractivity contribution in [2.45, 2.75) is 6.54 Å². The molecule has 0 aliphatic carbocycles. The van der Waals surface area contributed by atoms with E-state index in [9.17, 15) is 0 Å². The first-order valence-electron chi connectivity index (χ1n) is 6.21. The van der Waals surface area contributed by atoms with Gasteiger partial charge >= 0.3 is 0 Å². The molecule has 2 aromatic heterocycles. The highest BCUT2D eigenvalue weighted by Crippen LogP contribution is 2.17. The van der Waals surface area contributed by atoms with E-state index in [4.69, 9.17) is 5.73 Å². The summed E-state index contributed by atoms with van der Waals surface area (Å²) in [6.07, 6.45) is 3.39. The van der Waals surface area contributed by atoms with Crippen LogP contribution in [-0.4, -0.2) is 24.7 Å². The van der Waals surface area contributed by atoms with Crippen molar-refractivity contribution in [3.8, 4) is 5.95 Å². The quantitative estimate of drug-likeness (QED) is 0.751. The molecule has 3 aromatic rings. The molecule has 106 valence electrons. The number of hydrogen-bond acceptors (Lipinski definition) is 6. The average Bonchev–Trinajstić information content (AvgIpc) is 3.00. The Balaban J connectivity index is 1.81. The third kappa shape index (κ3) is 3.16. The molecule has 7 nitrogen and oxygen atoms in total. The van der Waals surface area contributed by atoms with Gasteiger partial charge in [-0.15, -0.1) is 0 Å². The maximum absolute atomic E-state index is 5.71. The molecule has 0 saturated carbocycles. The number of nitrogens with zero attached hydrogens (tertiary/aromatic N) is 5. The summed E-state index contributed by atoms with van der Waals surface area (Å²) in [5, 5.41) is 7.21. The first-order chi connectivity index (χ1) is 10.2. The lowest BCUT2D eigenvalue weighted by Crippen LogP contribution is -2.11. The van der Waals surface area contributed by atoms with Crippen LogP contribution in [0.1, 0.15) is 5.56 Å². The van der Waals surface area contributed by atoms with Crippen molar-refractivity contribution in [3.05, 3.63) is 52.8 Å². The minimum atomic E-state index is 0.144. The summed E-state index contributed by atoms with van der Waals surface area (Å²) in [4.78, 5) is 12.4. The summed E-state index contributed by atoms with van der Waals surface area (Å²) in [7, 11) is 0. The highest BCUT2D eigenvalue weighted by molar-refractivity contribution is 9.10.